The molecule has 104 valence electrons. The molecule has 3 aromatic rings. The molecule has 0 bridgehead atoms. The highest BCUT2D eigenvalue weighted by Crippen LogP contribution is 2.21. The summed E-state index contributed by atoms with van der Waals surface area (Å²) in [6.07, 6.45) is 5.98. The lowest BCUT2D eigenvalue weighted by atomic mass is 10.1. The van der Waals surface area contributed by atoms with Gasteiger partial charge >= 0.3 is 0 Å². The Morgan fingerprint density at radius 2 is 2.10 bits per heavy atom. The van der Waals surface area contributed by atoms with E-state index in [4.69, 9.17) is 0 Å². The van der Waals surface area contributed by atoms with Crippen molar-refractivity contribution in [1.29, 1.82) is 0 Å². The predicted octanol–water partition coefficient (Wildman–Crippen LogP) is 2.53. The number of rotatable bonds is 5. The van der Waals surface area contributed by atoms with Crippen molar-refractivity contribution < 1.29 is 0 Å². The van der Waals surface area contributed by atoms with Crippen LogP contribution in [-0.4, -0.2) is 20.7 Å². The van der Waals surface area contributed by atoms with E-state index in [1.165, 1.54) is 16.5 Å². The maximum atomic E-state index is 4.42. The van der Waals surface area contributed by atoms with Crippen LogP contribution in [0.3, 0.4) is 0 Å². The molecule has 0 aliphatic heterocycles. The third-order valence-corrected chi connectivity index (χ3v) is 3.67. The van der Waals surface area contributed by atoms with Gasteiger partial charge < -0.3 is 14.5 Å². The van der Waals surface area contributed by atoms with Crippen LogP contribution in [-0.2, 0) is 20.1 Å². The van der Waals surface area contributed by atoms with Crippen LogP contribution in [0.1, 0.15) is 18.3 Å². The van der Waals surface area contributed by atoms with Gasteiger partial charge in [-0.3, -0.25) is 0 Å². The quantitative estimate of drug-likeness (QED) is 0.771. The van der Waals surface area contributed by atoms with Gasteiger partial charge in [-0.25, -0.2) is 4.98 Å². The van der Waals surface area contributed by atoms with Gasteiger partial charge in [-0.15, -0.1) is 0 Å². The molecule has 3 rings (SSSR count). The molecule has 0 spiro atoms. The van der Waals surface area contributed by atoms with E-state index in [1.807, 2.05) is 19.4 Å². The highest BCUT2D eigenvalue weighted by atomic mass is 15.1. The van der Waals surface area contributed by atoms with Crippen LogP contribution in [0, 0.1) is 0 Å². The molecular formula is C16H20N4. The molecule has 0 saturated carbocycles. The van der Waals surface area contributed by atoms with Crippen LogP contribution in [0.2, 0.25) is 0 Å². The molecule has 0 unspecified atom stereocenters. The number of imidazole rings is 1. The Hall–Kier alpha value is -2.07. The largest absolute Gasteiger partial charge is 0.340 e. The summed E-state index contributed by atoms with van der Waals surface area (Å²) >= 11 is 0. The average molecular weight is 268 g/mol. The van der Waals surface area contributed by atoms with Crippen molar-refractivity contribution in [3.05, 3.63) is 54.2 Å². The lowest BCUT2D eigenvalue weighted by Crippen LogP contribution is -2.13. The second-order valence-corrected chi connectivity index (χ2v) is 5.03. The van der Waals surface area contributed by atoms with E-state index in [9.17, 15) is 0 Å². The van der Waals surface area contributed by atoms with Gasteiger partial charge in [0.15, 0.2) is 0 Å². The van der Waals surface area contributed by atoms with E-state index in [-0.39, 0.29) is 0 Å². The average Bonchev–Trinajstić information content (AvgIpc) is 3.05. The zero-order chi connectivity index (χ0) is 13.9. The van der Waals surface area contributed by atoms with Gasteiger partial charge in [0.2, 0.25) is 0 Å². The summed E-state index contributed by atoms with van der Waals surface area (Å²) in [5.41, 5.74) is 2.64. The maximum absolute atomic E-state index is 4.42. The summed E-state index contributed by atoms with van der Waals surface area (Å²) in [6, 6.07) is 8.66. The molecule has 20 heavy (non-hydrogen) atoms. The minimum atomic E-state index is 0.802. The second-order valence-electron chi connectivity index (χ2n) is 5.03. The first-order valence-corrected chi connectivity index (χ1v) is 7.03. The monoisotopic (exact) mass is 268 g/mol. The Labute approximate surface area is 119 Å². The molecular weight excluding hydrogens is 248 g/mol. The Kier molecular flexibility index (Phi) is 3.56. The van der Waals surface area contributed by atoms with Crippen LogP contribution in [0.15, 0.2) is 42.9 Å². The molecule has 1 N–H and O–H groups in total. The molecule has 4 heteroatoms. The van der Waals surface area contributed by atoms with E-state index < -0.39 is 0 Å². The van der Waals surface area contributed by atoms with Crippen molar-refractivity contribution in [2.24, 2.45) is 7.05 Å². The van der Waals surface area contributed by atoms with Gasteiger partial charge in [0.05, 0.1) is 12.1 Å². The SMILES string of the molecule is CCNCc1cccc2ccn(Cc3nccn3C)c12. The van der Waals surface area contributed by atoms with E-state index in [2.05, 4.69) is 56.8 Å². The summed E-state index contributed by atoms with van der Waals surface area (Å²) in [7, 11) is 2.04. The van der Waals surface area contributed by atoms with E-state index >= 15 is 0 Å². The van der Waals surface area contributed by atoms with Crippen molar-refractivity contribution in [2.45, 2.75) is 20.0 Å². The number of benzene rings is 1. The summed E-state index contributed by atoms with van der Waals surface area (Å²) in [5, 5.41) is 4.70. The third-order valence-electron chi connectivity index (χ3n) is 3.67. The highest BCUT2D eigenvalue weighted by molar-refractivity contribution is 5.83. The first-order chi connectivity index (χ1) is 9.79. The highest BCUT2D eigenvalue weighted by Gasteiger charge is 2.08. The minimum absolute atomic E-state index is 0.802. The van der Waals surface area contributed by atoms with Crippen LogP contribution in [0.5, 0.6) is 0 Å². The molecule has 1 aromatic carbocycles. The maximum Gasteiger partial charge on any atom is 0.128 e. The second kappa shape index (κ2) is 5.51. The number of hydrogen-bond donors (Lipinski definition) is 1. The van der Waals surface area contributed by atoms with Crippen LogP contribution >= 0.6 is 0 Å². The number of hydrogen-bond acceptors (Lipinski definition) is 2. The normalized spacial score (nSPS) is 11.3. The molecule has 0 radical (unpaired) electrons. The van der Waals surface area contributed by atoms with E-state index in [1.54, 1.807) is 0 Å². The molecule has 0 fully saturated rings. The summed E-state index contributed by atoms with van der Waals surface area (Å²) < 4.78 is 4.35. The molecule has 2 aromatic heterocycles. The van der Waals surface area contributed by atoms with Crippen LogP contribution in [0.25, 0.3) is 10.9 Å². The number of para-hydroxylation sites is 1. The first kappa shape index (κ1) is 12.9. The van der Waals surface area contributed by atoms with Gasteiger partial charge in [-0.2, -0.15) is 0 Å². The van der Waals surface area contributed by atoms with Gasteiger partial charge in [0.25, 0.3) is 0 Å². The summed E-state index contributed by atoms with van der Waals surface area (Å²) in [6.45, 7) is 4.82. The van der Waals surface area contributed by atoms with E-state index in [0.29, 0.717) is 0 Å². The van der Waals surface area contributed by atoms with Gasteiger partial charge in [0, 0.05) is 32.2 Å². The van der Waals surface area contributed by atoms with Gasteiger partial charge in [-0.05, 0) is 23.6 Å². The first-order valence-electron chi connectivity index (χ1n) is 7.03. The zero-order valence-electron chi connectivity index (χ0n) is 12.0. The molecule has 2 heterocycles. The fourth-order valence-corrected chi connectivity index (χ4v) is 2.58. The van der Waals surface area contributed by atoms with Crippen molar-refractivity contribution >= 4 is 10.9 Å². The number of nitrogens with zero attached hydrogens (tertiary/aromatic N) is 3. The zero-order valence-corrected chi connectivity index (χ0v) is 12.0. The topological polar surface area (TPSA) is 34.8 Å². The summed E-state index contributed by atoms with van der Waals surface area (Å²) in [5.74, 6) is 1.07. The fourth-order valence-electron chi connectivity index (χ4n) is 2.58. The van der Waals surface area contributed by atoms with Crippen molar-refractivity contribution in [3.63, 3.8) is 0 Å². The van der Waals surface area contributed by atoms with Crippen molar-refractivity contribution in [3.8, 4) is 0 Å². The number of nitrogens with one attached hydrogen (secondary N) is 1. The Morgan fingerprint density at radius 1 is 1.20 bits per heavy atom. The van der Waals surface area contributed by atoms with Gasteiger partial charge in [-0.1, -0.05) is 25.1 Å². The molecule has 0 aliphatic rings. The minimum Gasteiger partial charge on any atom is -0.340 e. The lowest BCUT2D eigenvalue weighted by molar-refractivity contribution is 0.703. The fraction of sp³-hybridized carbons (Fsp3) is 0.312. The molecule has 0 atom stereocenters. The number of aromatic nitrogens is 3. The molecule has 4 nitrogen and oxygen atoms in total. The summed E-state index contributed by atoms with van der Waals surface area (Å²) in [4.78, 5) is 4.42. The standard InChI is InChI=1S/C16H20N4/c1-3-17-11-14-6-4-5-13-7-9-20(16(13)14)12-15-18-8-10-19(15)2/h4-10,17H,3,11-12H2,1-2H3. The Bertz CT molecular complexity index is 708. The molecule has 0 aliphatic carbocycles. The van der Waals surface area contributed by atoms with Crippen molar-refractivity contribution in [2.75, 3.05) is 6.54 Å². The Balaban J connectivity index is 2.00. The number of aryl methyl sites for hydroxylation is 1. The predicted molar refractivity (Wildman–Crippen MR) is 81.6 cm³/mol. The Morgan fingerprint density at radius 3 is 2.85 bits per heavy atom. The molecule has 0 saturated heterocycles. The van der Waals surface area contributed by atoms with Gasteiger partial charge in [0.1, 0.15) is 5.82 Å². The van der Waals surface area contributed by atoms with Crippen LogP contribution < -0.4 is 5.32 Å². The van der Waals surface area contributed by atoms with Crippen molar-refractivity contribution in [1.82, 2.24) is 19.4 Å². The molecule has 0 amide bonds. The third kappa shape index (κ3) is 2.34. The number of fused-ring (bicyclic) bond motifs is 1. The van der Waals surface area contributed by atoms with E-state index in [0.717, 1.165) is 25.5 Å². The smallest absolute Gasteiger partial charge is 0.128 e. The lowest BCUT2D eigenvalue weighted by Gasteiger charge is -2.10. The van der Waals surface area contributed by atoms with Crippen LogP contribution in [0.4, 0.5) is 0 Å².